The van der Waals surface area contributed by atoms with Crippen molar-refractivity contribution in [1.29, 1.82) is 0 Å². The highest BCUT2D eigenvalue weighted by Crippen LogP contribution is 2.08. The highest BCUT2D eigenvalue weighted by atomic mass is 16.5. The van der Waals surface area contributed by atoms with Gasteiger partial charge in [0.25, 0.3) is 5.56 Å². The first-order chi connectivity index (χ1) is 8.62. The van der Waals surface area contributed by atoms with Crippen LogP contribution in [0.2, 0.25) is 0 Å². The van der Waals surface area contributed by atoms with Crippen LogP contribution in [0.25, 0.3) is 0 Å². The first-order valence-corrected chi connectivity index (χ1v) is 6.19. The summed E-state index contributed by atoms with van der Waals surface area (Å²) in [4.78, 5) is 14.0. The minimum absolute atomic E-state index is 0.133. The van der Waals surface area contributed by atoms with E-state index >= 15 is 0 Å². The molecule has 0 aliphatic heterocycles. The van der Waals surface area contributed by atoms with Crippen molar-refractivity contribution in [1.82, 2.24) is 9.78 Å². The molecule has 1 atom stereocenters. The molecule has 0 spiro atoms. The lowest BCUT2D eigenvalue weighted by Crippen LogP contribution is -2.36. The minimum Gasteiger partial charge on any atom is -0.383 e. The number of rotatable bonds is 7. The van der Waals surface area contributed by atoms with Crippen LogP contribution < -0.4 is 16.2 Å². The van der Waals surface area contributed by atoms with Crippen LogP contribution in [-0.4, -0.2) is 42.6 Å². The molecule has 0 amide bonds. The van der Waals surface area contributed by atoms with Crippen molar-refractivity contribution in [2.45, 2.75) is 26.4 Å². The smallest absolute Gasteiger partial charge is 0.268 e. The second-order valence-corrected chi connectivity index (χ2v) is 4.12. The molecular weight excluding hydrogens is 232 g/mol. The van der Waals surface area contributed by atoms with Crippen LogP contribution in [0.5, 0.6) is 0 Å². The van der Waals surface area contributed by atoms with Gasteiger partial charge in [-0.25, -0.2) is 4.68 Å². The van der Waals surface area contributed by atoms with Crippen molar-refractivity contribution in [3.8, 4) is 0 Å². The van der Waals surface area contributed by atoms with Crippen molar-refractivity contribution in [2.24, 2.45) is 5.73 Å². The predicted molar refractivity (Wildman–Crippen MR) is 71.9 cm³/mol. The third-order valence-electron chi connectivity index (χ3n) is 2.77. The Morgan fingerprint density at radius 2 is 2.17 bits per heavy atom. The van der Waals surface area contributed by atoms with Crippen LogP contribution in [0.1, 0.15) is 13.8 Å². The molecule has 0 aromatic carbocycles. The summed E-state index contributed by atoms with van der Waals surface area (Å²) in [6, 6.07) is 1.37. The summed E-state index contributed by atoms with van der Waals surface area (Å²) < 4.78 is 6.31. The van der Waals surface area contributed by atoms with E-state index in [4.69, 9.17) is 10.5 Å². The summed E-state index contributed by atoms with van der Waals surface area (Å²) in [6.07, 6.45) is 1.70. The number of hydrogen-bond acceptors (Lipinski definition) is 5. The number of nitrogens with two attached hydrogens (primary N) is 1. The average Bonchev–Trinajstić information content (AvgIpc) is 2.34. The molecule has 1 aromatic rings. The molecule has 1 aromatic heterocycles. The van der Waals surface area contributed by atoms with Gasteiger partial charge in [-0.2, -0.15) is 5.10 Å². The van der Waals surface area contributed by atoms with Gasteiger partial charge in [0.2, 0.25) is 0 Å². The lowest BCUT2D eigenvalue weighted by atomic mass is 10.3. The fourth-order valence-electron chi connectivity index (χ4n) is 1.81. The van der Waals surface area contributed by atoms with Gasteiger partial charge in [-0.3, -0.25) is 4.79 Å². The van der Waals surface area contributed by atoms with Gasteiger partial charge in [-0.15, -0.1) is 0 Å². The van der Waals surface area contributed by atoms with Crippen LogP contribution in [-0.2, 0) is 11.3 Å². The van der Waals surface area contributed by atoms with Gasteiger partial charge >= 0.3 is 0 Å². The fourth-order valence-corrected chi connectivity index (χ4v) is 1.81. The Kier molecular flexibility index (Phi) is 5.80. The Hall–Kier alpha value is -1.40. The topological polar surface area (TPSA) is 73.4 Å². The van der Waals surface area contributed by atoms with Gasteiger partial charge in [-0.1, -0.05) is 0 Å². The van der Waals surface area contributed by atoms with E-state index in [1.54, 1.807) is 19.4 Å². The van der Waals surface area contributed by atoms with Crippen molar-refractivity contribution in [3.63, 3.8) is 0 Å². The molecule has 0 saturated heterocycles. The summed E-state index contributed by atoms with van der Waals surface area (Å²) in [5.74, 6) is 0. The third kappa shape index (κ3) is 3.82. The SMILES string of the molecule is CCN(CC)c1cnn(CC(N)COC)c(=O)c1. The van der Waals surface area contributed by atoms with Gasteiger partial charge < -0.3 is 15.4 Å². The normalized spacial score (nSPS) is 12.4. The highest BCUT2D eigenvalue weighted by molar-refractivity contribution is 5.42. The van der Waals surface area contributed by atoms with Gasteiger partial charge in [0.05, 0.1) is 25.0 Å². The Labute approximate surface area is 107 Å². The first kappa shape index (κ1) is 14.7. The second-order valence-electron chi connectivity index (χ2n) is 4.12. The van der Waals surface area contributed by atoms with Crippen LogP contribution in [0.4, 0.5) is 5.69 Å². The monoisotopic (exact) mass is 254 g/mol. The summed E-state index contributed by atoms with van der Waals surface area (Å²) >= 11 is 0. The molecule has 2 N–H and O–H groups in total. The Morgan fingerprint density at radius 3 is 2.67 bits per heavy atom. The van der Waals surface area contributed by atoms with E-state index in [2.05, 4.69) is 10.00 Å². The number of aromatic nitrogens is 2. The number of ether oxygens (including phenoxy) is 1. The highest BCUT2D eigenvalue weighted by Gasteiger charge is 2.08. The van der Waals surface area contributed by atoms with Crippen molar-refractivity contribution < 1.29 is 4.74 Å². The summed E-state index contributed by atoms with van der Waals surface area (Å²) in [5.41, 5.74) is 6.52. The standard InChI is InChI=1S/C12H22N4O2/c1-4-15(5-2)11-6-12(17)16(14-7-11)8-10(13)9-18-3/h6-7,10H,4-5,8-9,13H2,1-3H3. The Balaban J connectivity index is 2.83. The van der Waals surface area contributed by atoms with Gasteiger partial charge in [0, 0.05) is 32.3 Å². The number of nitrogens with zero attached hydrogens (tertiary/aromatic N) is 3. The molecule has 0 radical (unpaired) electrons. The van der Waals surface area contributed by atoms with E-state index in [-0.39, 0.29) is 11.6 Å². The van der Waals surface area contributed by atoms with Crippen molar-refractivity contribution >= 4 is 5.69 Å². The molecule has 0 saturated carbocycles. The number of methoxy groups -OCH3 is 1. The molecule has 0 bridgehead atoms. The van der Waals surface area contributed by atoms with Crippen LogP contribution in [0, 0.1) is 0 Å². The molecule has 18 heavy (non-hydrogen) atoms. The zero-order valence-electron chi connectivity index (χ0n) is 11.3. The van der Waals surface area contributed by atoms with Gasteiger partial charge in [0.1, 0.15) is 0 Å². The molecule has 1 rings (SSSR count). The third-order valence-corrected chi connectivity index (χ3v) is 2.77. The van der Waals surface area contributed by atoms with Crippen molar-refractivity contribution in [2.75, 3.05) is 31.7 Å². The van der Waals surface area contributed by atoms with Crippen LogP contribution in [0.3, 0.4) is 0 Å². The lowest BCUT2D eigenvalue weighted by Gasteiger charge is -2.20. The van der Waals surface area contributed by atoms with E-state index in [1.165, 1.54) is 4.68 Å². The Bertz CT molecular complexity index is 415. The molecule has 0 aliphatic rings. The molecule has 102 valence electrons. The van der Waals surface area contributed by atoms with E-state index in [0.717, 1.165) is 18.8 Å². The molecule has 1 unspecified atom stereocenters. The van der Waals surface area contributed by atoms with Crippen molar-refractivity contribution in [3.05, 3.63) is 22.6 Å². The Morgan fingerprint density at radius 1 is 1.50 bits per heavy atom. The van der Waals surface area contributed by atoms with E-state index in [0.29, 0.717) is 13.2 Å². The number of anilines is 1. The molecular formula is C12H22N4O2. The summed E-state index contributed by atoms with van der Waals surface area (Å²) in [6.45, 7) is 6.57. The van der Waals surface area contributed by atoms with Gasteiger partial charge in [0.15, 0.2) is 0 Å². The fraction of sp³-hybridized carbons (Fsp3) is 0.667. The number of hydrogen-bond donors (Lipinski definition) is 1. The molecule has 0 fully saturated rings. The van der Waals surface area contributed by atoms with E-state index in [1.807, 2.05) is 13.8 Å². The summed E-state index contributed by atoms with van der Waals surface area (Å²) in [7, 11) is 1.58. The molecule has 0 aliphatic carbocycles. The molecule has 1 heterocycles. The first-order valence-electron chi connectivity index (χ1n) is 6.19. The minimum atomic E-state index is -0.223. The summed E-state index contributed by atoms with van der Waals surface area (Å²) in [5, 5.41) is 4.14. The predicted octanol–water partition coefficient (Wildman–Crippen LogP) is 0.0632. The average molecular weight is 254 g/mol. The van der Waals surface area contributed by atoms with Gasteiger partial charge in [-0.05, 0) is 13.8 Å². The largest absolute Gasteiger partial charge is 0.383 e. The maximum Gasteiger partial charge on any atom is 0.268 e. The maximum atomic E-state index is 11.9. The van der Waals surface area contributed by atoms with Crippen LogP contribution in [0.15, 0.2) is 17.1 Å². The zero-order valence-corrected chi connectivity index (χ0v) is 11.3. The molecule has 6 heteroatoms. The van der Waals surface area contributed by atoms with Crippen LogP contribution >= 0.6 is 0 Å². The van der Waals surface area contributed by atoms with E-state index < -0.39 is 0 Å². The maximum absolute atomic E-state index is 11.9. The lowest BCUT2D eigenvalue weighted by molar-refractivity contribution is 0.171. The quantitative estimate of drug-likeness (QED) is 0.745. The zero-order chi connectivity index (χ0) is 13.5. The van der Waals surface area contributed by atoms with E-state index in [9.17, 15) is 4.79 Å². The second kappa shape index (κ2) is 7.13. The molecule has 6 nitrogen and oxygen atoms in total.